The zero-order valence-corrected chi connectivity index (χ0v) is 12.7. The van der Waals surface area contributed by atoms with Crippen LogP contribution in [0.15, 0.2) is 48.5 Å². The Morgan fingerprint density at radius 1 is 1.09 bits per heavy atom. The summed E-state index contributed by atoms with van der Waals surface area (Å²) in [6.45, 7) is 0. The molecule has 0 aliphatic rings. The molecule has 0 saturated carbocycles. The molecule has 8 heteroatoms. The molecule has 2 aromatic carbocycles. The third-order valence-corrected chi connectivity index (χ3v) is 4.07. The van der Waals surface area contributed by atoms with Crippen LogP contribution in [0.25, 0.3) is 22.0 Å². The summed E-state index contributed by atoms with van der Waals surface area (Å²) in [4.78, 5) is 32.6. The molecule has 7 nitrogen and oxygen atoms in total. The summed E-state index contributed by atoms with van der Waals surface area (Å²) in [5, 5.41) is 3.00. The van der Waals surface area contributed by atoms with Crippen molar-refractivity contribution in [3.63, 3.8) is 0 Å². The summed E-state index contributed by atoms with van der Waals surface area (Å²) < 4.78 is 11.1. The van der Waals surface area contributed by atoms with E-state index in [2.05, 4.69) is 10.3 Å². The normalized spacial score (nSPS) is 11.6. The third kappa shape index (κ3) is 2.85. The van der Waals surface area contributed by atoms with Gasteiger partial charge >= 0.3 is 13.2 Å². The number of para-hydroxylation sites is 1. The molecule has 1 amide bonds. The van der Waals surface area contributed by atoms with Crippen molar-refractivity contribution in [3.05, 3.63) is 48.5 Å². The van der Waals surface area contributed by atoms with Crippen molar-refractivity contribution in [1.29, 1.82) is 0 Å². The van der Waals surface area contributed by atoms with Gasteiger partial charge in [0.25, 0.3) is 0 Å². The maximum atomic E-state index is 11.7. The standard InChI is InChI=1S/C15H14N3O4P/c16-11-8-4-7-10-12(9-5-2-1-3-6-9)14(17-13(10)11)18-15(19)23(20,21)22/h1-8,17H,16H2,(H,18,19)(H2,20,21,22). The predicted octanol–water partition coefficient (Wildman–Crippen LogP) is 3.13. The van der Waals surface area contributed by atoms with E-state index in [4.69, 9.17) is 15.5 Å². The van der Waals surface area contributed by atoms with E-state index in [9.17, 15) is 9.36 Å². The van der Waals surface area contributed by atoms with Gasteiger partial charge in [-0.3, -0.25) is 4.79 Å². The quantitative estimate of drug-likeness (QED) is 0.372. The van der Waals surface area contributed by atoms with Crippen LogP contribution >= 0.6 is 7.60 Å². The first-order valence-electron chi connectivity index (χ1n) is 6.70. The molecule has 0 unspecified atom stereocenters. The van der Waals surface area contributed by atoms with Crippen molar-refractivity contribution in [2.75, 3.05) is 11.1 Å². The highest BCUT2D eigenvalue weighted by atomic mass is 31.2. The fourth-order valence-corrected chi connectivity index (χ4v) is 2.68. The van der Waals surface area contributed by atoms with Gasteiger partial charge in [-0.2, -0.15) is 0 Å². The second-order valence-corrected chi connectivity index (χ2v) is 6.48. The van der Waals surface area contributed by atoms with Crippen molar-refractivity contribution in [1.82, 2.24) is 4.98 Å². The molecule has 0 aliphatic carbocycles. The number of aromatic nitrogens is 1. The van der Waals surface area contributed by atoms with E-state index in [-0.39, 0.29) is 5.82 Å². The lowest BCUT2D eigenvalue weighted by Crippen LogP contribution is -2.10. The zero-order valence-electron chi connectivity index (χ0n) is 11.9. The van der Waals surface area contributed by atoms with Gasteiger partial charge in [-0.1, -0.05) is 42.5 Å². The zero-order chi connectivity index (χ0) is 16.6. The number of nitrogens with two attached hydrogens (primary N) is 1. The van der Waals surface area contributed by atoms with E-state index in [0.29, 0.717) is 16.8 Å². The first-order chi connectivity index (χ1) is 10.9. The maximum absolute atomic E-state index is 11.7. The molecule has 118 valence electrons. The van der Waals surface area contributed by atoms with Gasteiger partial charge in [-0.05, 0) is 11.6 Å². The Labute approximate surface area is 131 Å². The summed E-state index contributed by atoms with van der Waals surface area (Å²) in [6, 6.07) is 14.5. The van der Waals surface area contributed by atoms with E-state index < -0.39 is 13.2 Å². The fraction of sp³-hybridized carbons (Fsp3) is 0. The minimum atomic E-state index is -4.89. The number of hydrogen-bond donors (Lipinski definition) is 5. The summed E-state index contributed by atoms with van der Waals surface area (Å²) in [5.74, 6) is 0.192. The highest BCUT2D eigenvalue weighted by molar-refractivity contribution is 7.70. The van der Waals surface area contributed by atoms with Crippen LogP contribution < -0.4 is 11.1 Å². The van der Waals surface area contributed by atoms with Crippen molar-refractivity contribution in [3.8, 4) is 11.1 Å². The van der Waals surface area contributed by atoms with E-state index >= 15 is 0 Å². The Bertz CT molecular complexity index is 931. The Morgan fingerprint density at radius 2 is 1.78 bits per heavy atom. The summed E-state index contributed by atoms with van der Waals surface area (Å²) in [7, 11) is -4.89. The molecule has 0 bridgehead atoms. The van der Waals surface area contributed by atoms with E-state index in [1.54, 1.807) is 12.1 Å². The topological polar surface area (TPSA) is 128 Å². The van der Waals surface area contributed by atoms with Crippen molar-refractivity contribution < 1.29 is 19.1 Å². The van der Waals surface area contributed by atoms with Crippen LogP contribution in [0.2, 0.25) is 0 Å². The second-order valence-electron chi connectivity index (χ2n) is 4.99. The Kier molecular flexibility index (Phi) is 3.69. The van der Waals surface area contributed by atoms with Crippen LogP contribution in [0.1, 0.15) is 0 Å². The van der Waals surface area contributed by atoms with Crippen molar-refractivity contribution in [2.24, 2.45) is 0 Å². The molecule has 23 heavy (non-hydrogen) atoms. The molecule has 3 rings (SSSR count). The molecule has 1 heterocycles. The van der Waals surface area contributed by atoms with E-state index in [1.807, 2.05) is 36.4 Å². The molecule has 1 aromatic heterocycles. The van der Waals surface area contributed by atoms with Crippen LogP contribution in [0, 0.1) is 0 Å². The van der Waals surface area contributed by atoms with Gasteiger partial charge in [0.15, 0.2) is 0 Å². The number of carbonyl (C=O) groups excluding carboxylic acids is 1. The lowest BCUT2D eigenvalue weighted by atomic mass is 10.0. The molecular formula is C15H14N3O4P. The number of H-pyrrole nitrogens is 1. The monoisotopic (exact) mass is 331 g/mol. The molecule has 0 saturated heterocycles. The lowest BCUT2D eigenvalue weighted by Gasteiger charge is -2.08. The van der Waals surface area contributed by atoms with Gasteiger partial charge in [0.2, 0.25) is 0 Å². The van der Waals surface area contributed by atoms with Gasteiger partial charge in [0, 0.05) is 10.9 Å². The van der Waals surface area contributed by atoms with E-state index in [1.165, 1.54) is 0 Å². The number of benzene rings is 2. The molecular weight excluding hydrogens is 317 g/mol. The van der Waals surface area contributed by atoms with Gasteiger partial charge in [0.1, 0.15) is 5.82 Å². The van der Waals surface area contributed by atoms with Crippen LogP contribution in [0.4, 0.5) is 16.3 Å². The van der Waals surface area contributed by atoms with Crippen molar-refractivity contribution >= 4 is 35.7 Å². The van der Waals surface area contributed by atoms with Crippen molar-refractivity contribution in [2.45, 2.75) is 0 Å². The molecule has 0 atom stereocenters. The van der Waals surface area contributed by atoms with E-state index in [0.717, 1.165) is 10.9 Å². The number of anilines is 2. The number of hydrogen-bond acceptors (Lipinski definition) is 3. The fourth-order valence-electron chi connectivity index (χ4n) is 2.42. The third-order valence-electron chi connectivity index (χ3n) is 3.42. The SMILES string of the molecule is Nc1cccc2c(-c3ccccc3)c(NC(=O)P(=O)(O)O)[nH]c12. The Morgan fingerprint density at radius 3 is 2.43 bits per heavy atom. The average Bonchev–Trinajstić information content (AvgIpc) is 2.87. The smallest absolute Gasteiger partial charge is 0.397 e. The summed E-state index contributed by atoms with van der Waals surface area (Å²) in [5.41, 5.74) is 7.02. The second kappa shape index (κ2) is 5.55. The number of rotatable bonds is 3. The number of nitrogen functional groups attached to an aromatic ring is 1. The molecule has 0 radical (unpaired) electrons. The average molecular weight is 331 g/mol. The molecule has 0 aliphatic heterocycles. The number of nitrogens with one attached hydrogen (secondary N) is 2. The summed E-state index contributed by atoms with van der Waals surface area (Å²) >= 11 is 0. The highest BCUT2D eigenvalue weighted by Gasteiger charge is 2.28. The first-order valence-corrected chi connectivity index (χ1v) is 8.32. The van der Waals surface area contributed by atoms with Gasteiger partial charge in [-0.15, -0.1) is 0 Å². The minimum absolute atomic E-state index is 0.192. The first kappa shape index (κ1) is 15.3. The summed E-state index contributed by atoms with van der Waals surface area (Å²) in [6.07, 6.45) is 0. The molecule has 6 N–H and O–H groups in total. The minimum Gasteiger partial charge on any atom is -0.397 e. The molecule has 0 spiro atoms. The van der Waals surface area contributed by atoms with Crippen LogP contribution in [-0.4, -0.2) is 20.4 Å². The van der Waals surface area contributed by atoms with Gasteiger partial charge in [0.05, 0.1) is 11.2 Å². The number of carbonyl (C=O) groups is 1. The predicted molar refractivity (Wildman–Crippen MR) is 89.2 cm³/mol. The molecule has 0 fully saturated rings. The van der Waals surface area contributed by atoms with Crippen LogP contribution in [0.3, 0.4) is 0 Å². The highest BCUT2D eigenvalue weighted by Crippen LogP contribution is 2.41. The van der Waals surface area contributed by atoms with Crippen LogP contribution in [-0.2, 0) is 4.57 Å². The number of aromatic amines is 1. The van der Waals surface area contributed by atoms with Gasteiger partial charge in [-0.25, -0.2) is 4.57 Å². The van der Waals surface area contributed by atoms with Crippen LogP contribution in [0.5, 0.6) is 0 Å². The maximum Gasteiger partial charge on any atom is 0.413 e. The number of amides is 1. The largest absolute Gasteiger partial charge is 0.413 e. The molecule has 3 aromatic rings. The van der Waals surface area contributed by atoms with Gasteiger partial charge < -0.3 is 25.8 Å². The number of fused-ring (bicyclic) bond motifs is 1. The lowest BCUT2D eigenvalue weighted by molar-refractivity contribution is 0.258. The Balaban J connectivity index is 2.23. The Hall–Kier alpha value is -2.60.